The molecule has 0 amide bonds. The molecular formula is C26H25NO5. The largest absolute Gasteiger partial charge is 0.493 e. The molecule has 0 fully saturated rings. The van der Waals surface area contributed by atoms with E-state index in [0.717, 1.165) is 22.3 Å². The maximum atomic E-state index is 12.2. The third kappa shape index (κ3) is 5.38. The second kappa shape index (κ2) is 10.9. The van der Waals surface area contributed by atoms with Crippen LogP contribution in [-0.4, -0.2) is 27.3 Å². The SMILES string of the molecule is COc1cc(CCC(=O)OCc2ccc(-c3ccccc3C#N)cc2)cc(OC)c1OC. The molecule has 0 aliphatic rings. The van der Waals surface area contributed by atoms with Crippen molar-refractivity contribution in [1.82, 2.24) is 0 Å². The molecular weight excluding hydrogens is 406 g/mol. The molecule has 0 aliphatic carbocycles. The Kier molecular flexibility index (Phi) is 7.71. The van der Waals surface area contributed by atoms with Gasteiger partial charge in [-0.3, -0.25) is 4.79 Å². The lowest BCUT2D eigenvalue weighted by Gasteiger charge is -2.14. The minimum Gasteiger partial charge on any atom is -0.493 e. The van der Waals surface area contributed by atoms with Gasteiger partial charge in [0.2, 0.25) is 5.75 Å². The van der Waals surface area contributed by atoms with Crippen molar-refractivity contribution in [2.45, 2.75) is 19.4 Å². The number of rotatable bonds is 9. The van der Waals surface area contributed by atoms with Crippen molar-refractivity contribution in [2.75, 3.05) is 21.3 Å². The van der Waals surface area contributed by atoms with Gasteiger partial charge in [0, 0.05) is 6.42 Å². The number of aryl methyl sites for hydroxylation is 1. The van der Waals surface area contributed by atoms with E-state index in [-0.39, 0.29) is 19.0 Å². The van der Waals surface area contributed by atoms with Gasteiger partial charge in [-0.1, -0.05) is 42.5 Å². The molecule has 3 aromatic carbocycles. The van der Waals surface area contributed by atoms with E-state index in [1.54, 1.807) is 27.4 Å². The molecule has 0 saturated heterocycles. The van der Waals surface area contributed by atoms with Gasteiger partial charge in [-0.25, -0.2) is 0 Å². The Labute approximate surface area is 187 Å². The van der Waals surface area contributed by atoms with Crippen LogP contribution in [0.4, 0.5) is 0 Å². The summed E-state index contributed by atoms with van der Waals surface area (Å²) in [6.45, 7) is 0.189. The zero-order valence-electron chi connectivity index (χ0n) is 18.4. The fourth-order valence-corrected chi connectivity index (χ4v) is 3.37. The number of ether oxygens (including phenoxy) is 4. The summed E-state index contributed by atoms with van der Waals surface area (Å²) < 4.78 is 21.4. The van der Waals surface area contributed by atoms with Gasteiger partial charge >= 0.3 is 5.97 Å². The van der Waals surface area contributed by atoms with Crippen LogP contribution in [0, 0.1) is 11.3 Å². The van der Waals surface area contributed by atoms with Crippen molar-refractivity contribution >= 4 is 5.97 Å². The van der Waals surface area contributed by atoms with Crippen LogP contribution in [0.3, 0.4) is 0 Å². The molecule has 0 saturated carbocycles. The zero-order chi connectivity index (χ0) is 22.9. The molecule has 0 radical (unpaired) electrons. The third-order valence-corrected chi connectivity index (χ3v) is 5.05. The first-order chi connectivity index (χ1) is 15.6. The van der Waals surface area contributed by atoms with Crippen molar-refractivity contribution in [3.63, 3.8) is 0 Å². The van der Waals surface area contributed by atoms with Gasteiger partial charge in [0.05, 0.1) is 33.0 Å². The summed E-state index contributed by atoms with van der Waals surface area (Å²) in [7, 11) is 4.66. The summed E-state index contributed by atoms with van der Waals surface area (Å²) >= 11 is 0. The van der Waals surface area contributed by atoms with Gasteiger partial charge in [-0.2, -0.15) is 5.26 Å². The van der Waals surface area contributed by atoms with Gasteiger partial charge in [-0.05, 0) is 46.9 Å². The molecule has 6 nitrogen and oxygen atoms in total. The highest BCUT2D eigenvalue weighted by Gasteiger charge is 2.14. The van der Waals surface area contributed by atoms with Crippen molar-refractivity contribution in [2.24, 2.45) is 0 Å². The molecule has 32 heavy (non-hydrogen) atoms. The van der Waals surface area contributed by atoms with Crippen molar-refractivity contribution in [3.05, 3.63) is 77.4 Å². The van der Waals surface area contributed by atoms with E-state index < -0.39 is 0 Å². The minimum atomic E-state index is -0.294. The van der Waals surface area contributed by atoms with Gasteiger partial charge in [0.1, 0.15) is 6.61 Å². The highest BCUT2D eigenvalue weighted by molar-refractivity contribution is 5.71. The first kappa shape index (κ1) is 22.7. The molecule has 0 N–H and O–H groups in total. The summed E-state index contributed by atoms with van der Waals surface area (Å²) in [5.74, 6) is 1.32. The molecule has 0 spiro atoms. The Hall–Kier alpha value is -3.98. The number of benzene rings is 3. The smallest absolute Gasteiger partial charge is 0.306 e. The maximum Gasteiger partial charge on any atom is 0.306 e. The van der Waals surface area contributed by atoms with Gasteiger partial charge in [0.15, 0.2) is 11.5 Å². The molecule has 6 heteroatoms. The summed E-state index contributed by atoms with van der Waals surface area (Å²) in [4.78, 5) is 12.2. The fourth-order valence-electron chi connectivity index (χ4n) is 3.37. The van der Waals surface area contributed by atoms with E-state index >= 15 is 0 Å². The summed E-state index contributed by atoms with van der Waals surface area (Å²) in [5, 5.41) is 9.27. The predicted octanol–water partition coefficient (Wildman–Crippen LogP) is 4.93. The quantitative estimate of drug-likeness (QED) is 0.447. The van der Waals surface area contributed by atoms with E-state index in [9.17, 15) is 10.1 Å². The van der Waals surface area contributed by atoms with Crippen LogP contribution in [0.25, 0.3) is 11.1 Å². The van der Waals surface area contributed by atoms with Gasteiger partial charge in [0.25, 0.3) is 0 Å². The zero-order valence-corrected chi connectivity index (χ0v) is 18.4. The van der Waals surface area contributed by atoms with E-state index in [2.05, 4.69) is 6.07 Å². The van der Waals surface area contributed by atoms with Crippen LogP contribution in [0.15, 0.2) is 60.7 Å². The number of carbonyl (C=O) groups is 1. The topological polar surface area (TPSA) is 77.8 Å². The molecule has 0 atom stereocenters. The Morgan fingerprint density at radius 2 is 1.53 bits per heavy atom. The normalized spacial score (nSPS) is 10.2. The van der Waals surface area contributed by atoms with Crippen LogP contribution in [0.5, 0.6) is 17.2 Å². The molecule has 164 valence electrons. The van der Waals surface area contributed by atoms with Crippen molar-refractivity contribution in [3.8, 4) is 34.4 Å². The maximum absolute atomic E-state index is 12.2. The predicted molar refractivity (Wildman–Crippen MR) is 121 cm³/mol. The number of carbonyl (C=O) groups excluding carboxylic acids is 1. The highest BCUT2D eigenvalue weighted by atomic mass is 16.5. The molecule has 0 heterocycles. The third-order valence-electron chi connectivity index (χ3n) is 5.05. The number of nitrogens with zero attached hydrogens (tertiary/aromatic N) is 1. The number of esters is 1. The fraction of sp³-hybridized carbons (Fsp3) is 0.231. The standard InChI is InChI=1S/C26H25NO5/c1-29-23-14-19(15-24(30-2)26(23)31-3)10-13-25(28)32-17-18-8-11-20(12-9-18)22-7-5-4-6-21(22)16-27/h4-9,11-12,14-15H,10,13,17H2,1-3H3. The Morgan fingerprint density at radius 1 is 0.875 bits per heavy atom. The van der Waals surface area contributed by atoms with Crippen LogP contribution in [-0.2, 0) is 22.6 Å². The molecule has 0 aromatic heterocycles. The highest BCUT2D eigenvalue weighted by Crippen LogP contribution is 2.38. The Balaban J connectivity index is 1.57. The Bertz CT molecular complexity index is 1090. The monoisotopic (exact) mass is 431 g/mol. The Morgan fingerprint density at radius 3 is 2.12 bits per heavy atom. The summed E-state index contributed by atoms with van der Waals surface area (Å²) in [5.41, 5.74) is 4.21. The van der Waals surface area contributed by atoms with E-state index in [0.29, 0.717) is 29.2 Å². The van der Waals surface area contributed by atoms with Crippen LogP contribution >= 0.6 is 0 Å². The number of hydrogen-bond acceptors (Lipinski definition) is 6. The molecule has 0 unspecified atom stereocenters. The molecule has 3 rings (SSSR count). The van der Waals surface area contributed by atoms with E-state index in [4.69, 9.17) is 18.9 Å². The lowest BCUT2D eigenvalue weighted by Crippen LogP contribution is -2.06. The lowest BCUT2D eigenvalue weighted by molar-refractivity contribution is -0.144. The average Bonchev–Trinajstić information content (AvgIpc) is 2.85. The summed E-state index contributed by atoms with van der Waals surface area (Å²) in [6, 6.07) is 21.0. The first-order valence-electron chi connectivity index (χ1n) is 10.1. The van der Waals surface area contributed by atoms with Crippen LogP contribution in [0.1, 0.15) is 23.1 Å². The van der Waals surface area contributed by atoms with Crippen molar-refractivity contribution < 1.29 is 23.7 Å². The van der Waals surface area contributed by atoms with E-state index in [1.165, 1.54) is 0 Å². The minimum absolute atomic E-state index is 0.189. The lowest BCUT2D eigenvalue weighted by atomic mass is 9.99. The second-order valence-corrected chi connectivity index (χ2v) is 7.05. The average molecular weight is 431 g/mol. The molecule has 3 aromatic rings. The number of hydrogen-bond donors (Lipinski definition) is 0. The van der Waals surface area contributed by atoms with Crippen LogP contribution in [0.2, 0.25) is 0 Å². The second-order valence-electron chi connectivity index (χ2n) is 7.05. The van der Waals surface area contributed by atoms with Gasteiger partial charge in [-0.15, -0.1) is 0 Å². The van der Waals surface area contributed by atoms with Crippen molar-refractivity contribution in [1.29, 1.82) is 5.26 Å². The molecule has 0 bridgehead atoms. The van der Waals surface area contributed by atoms with Gasteiger partial charge < -0.3 is 18.9 Å². The first-order valence-corrected chi connectivity index (χ1v) is 10.1. The van der Waals surface area contributed by atoms with Crippen LogP contribution < -0.4 is 14.2 Å². The molecule has 0 aliphatic heterocycles. The van der Waals surface area contributed by atoms with E-state index in [1.807, 2.05) is 54.6 Å². The number of methoxy groups -OCH3 is 3. The summed E-state index contributed by atoms with van der Waals surface area (Å²) in [6.07, 6.45) is 0.714. The number of nitriles is 1.